The minimum Gasteiger partial charge on any atom is -0.487 e. The van der Waals surface area contributed by atoms with Gasteiger partial charge in [-0.2, -0.15) is 0 Å². The van der Waals surface area contributed by atoms with Crippen LogP contribution in [0.3, 0.4) is 0 Å². The molecule has 0 atom stereocenters. The van der Waals surface area contributed by atoms with Crippen molar-refractivity contribution in [1.82, 2.24) is 15.3 Å². The summed E-state index contributed by atoms with van der Waals surface area (Å²) in [7, 11) is -3.02. The predicted molar refractivity (Wildman–Crippen MR) is 188 cm³/mol. The summed E-state index contributed by atoms with van der Waals surface area (Å²) in [6, 6.07) is 29.3. The molecular formula is C36H32ClFN4O6S. The van der Waals surface area contributed by atoms with Gasteiger partial charge in [-0.25, -0.2) is 27.6 Å². The van der Waals surface area contributed by atoms with Crippen molar-refractivity contribution in [3.63, 3.8) is 0 Å². The van der Waals surface area contributed by atoms with Crippen molar-refractivity contribution in [3.8, 4) is 17.1 Å². The number of carboxylic acids is 1. The lowest BCUT2D eigenvalue weighted by molar-refractivity contribution is 0.0697. The van der Waals surface area contributed by atoms with E-state index in [0.29, 0.717) is 58.0 Å². The normalized spacial score (nSPS) is 11.1. The van der Waals surface area contributed by atoms with Gasteiger partial charge in [0.1, 0.15) is 51.7 Å². The number of fused-ring (bicyclic) bond motifs is 1. The minimum atomic E-state index is -3.02. The standard InChI is InChI=1S/C29H26ClFN4O4S.C7H6O2/c1-40(36,37)12-11-32-16-23-7-10-27(39-23)20-5-8-26-24(14-20)29(34-18-33-26)35-22-6-9-28(25(30)15-22)38-17-19-3-2-4-21(31)13-19;8-7(9)6-4-2-1-3-5-6/h2-10,13-15,18,32H,11-12,16-17H2,1H3,(H,33,34,35);1-5H,(H,8,9). The lowest BCUT2D eigenvalue weighted by Gasteiger charge is -2.12. The number of anilines is 2. The van der Waals surface area contributed by atoms with Gasteiger partial charge >= 0.3 is 5.97 Å². The van der Waals surface area contributed by atoms with Gasteiger partial charge in [0.25, 0.3) is 0 Å². The number of carbonyl (C=O) groups is 1. The van der Waals surface area contributed by atoms with E-state index in [1.807, 2.05) is 36.4 Å². The molecule has 0 fully saturated rings. The first-order valence-corrected chi connectivity index (χ1v) is 17.4. The van der Waals surface area contributed by atoms with Crippen LogP contribution in [0.5, 0.6) is 5.75 Å². The summed E-state index contributed by atoms with van der Waals surface area (Å²) in [5.41, 5.74) is 3.32. The van der Waals surface area contributed by atoms with Crippen molar-refractivity contribution < 1.29 is 31.9 Å². The molecule has 6 rings (SSSR count). The van der Waals surface area contributed by atoms with Gasteiger partial charge in [0, 0.05) is 29.4 Å². The van der Waals surface area contributed by atoms with Crippen LogP contribution in [0.4, 0.5) is 15.9 Å². The number of nitrogens with zero attached hydrogens (tertiary/aromatic N) is 2. The van der Waals surface area contributed by atoms with Crippen LogP contribution in [-0.2, 0) is 23.0 Å². The number of ether oxygens (including phenoxy) is 1. The van der Waals surface area contributed by atoms with E-state index in [0.717, 1.165) is 16.5 Å². The average molecular weight is 703 g/mol. The van der Waals surface area contributed by atoms with Crippen LogP contribution in [0.25, 0.3) is 22.2 Å². The number of carboxylic acid groups (broad SMARTS) is 1. The van der Waals surface area contributed by atoms with E-state index >= 15 is 0 Å². The first kappa shape index (κ1) is 35.0. The number of halogens is 2. The first-order chi connectivity index (χ1) is 23.5. The topological polar surface area (TPSA) is 144 Å². The highest BCUT2D eigenvalue weighted by atomic mass is 35.5. The first-order valence-electron chi connectivity index (χ1n) is 15.0. The molecule has 252 valence electrons. The molecule has 2 heterocycles. The second-order valence-corrected chi connectivity index (χ2v) is 13.6. The summed E-state index contributed by atoms with van der Waals surface area (Å²) >= 11 is 6.47. The Balaban J connectivity index is 0.000000452. The fraction of sp³-hybridized carbons (Fsp3) is 0.139. The fourth-order valence-electron chi connectivity index (χ4n) is 4.61. The summed E-state index contributed by atoms with van der Waals surface area (Å²) in [4.78, 5) is 19.0. The Bertz CT molecular complexity index is 2160. The maximum Gasteiger partial charge on any atom is 0.335 e. The maximum absolute atomic E-state index is 13.4. The molecule has 0 spiro atoms. The third-order valence-electron chi connectivity index (χ3n) is 7.03. The highest BCUT2D eigenvalue weighted by molar-refractivity contribution is 7.90. The number of nitrogens with one attached hydrogen (secondary N) is 2. The number of benzene rings is 4. The number of furan rings is 1. The van der Waals surface area contributed by atoms with E-state index in [1.54, 1.807) is 54.6 Å². The summed E-state index contributed by atoms with van der Waals surface area (Å²) in [6.45, 7) is 0.956. The van der Waals surface area contributed by atoms with Gasteiger partial charge in [0.15, 0.2) is 0 Å². The molecule has 0 unspecified atom stereocenters. The van der Waals surface area contributed by atoms with E-state index in [-0.39, 0.29) is 18.2 Å². The zero-order chi connectivity index (χ0) is 34.8. The Morgan fingerprint density at radius 1 is 0.959 bits per heavy atom. The van der Waals surface area contributed by atoms with Gasteiger partial charge < -0.3 is 24.9 Å². The molecule has 0 aliphatic rings. The highest BCUT2D eigenvalue weighted by Gasteiger charge is 2.12. The van der Waals surface area contributed by atoms with Crippen molar-refractivity contribution in [2.24, 2.45) is 0 Å². The van der Waals surface area contributed by atoms with Gasteiger partial charge in [0.05, 0.1) is 28.4 Å². The Hall–Kier alpha value is -5.30. The largest absolute Gasteiger partial charge is 0.487 e. The van der Waals surface area contributed by atoms with Crippen LogP contribution < -0.4 is 15.4 Å². The molecule has 13 heteroatoms. The monoisotopic (exact) mass is 702 g/mol. The average Bonchev–Trinajstić information content (AvgIpc) is 3.56. The summed E-state index contributed by atoms with van der Waals surface area (Å²) in [5, 5.41) is 15.9. The molecule has 0 saturated carbocycles. The van der Waals surface area contributed by atoms with Crippen LogP contribution in [0.1, 0.15) is 21.7 Å². The van der Waals surface area contributed by atoms with Gasteiger partial charge in [-0.05, 0) is 78.4 Å². The van der Waals surface area contributed by atoms with Crippen molar-refractivity contribution in [2.75, 3.05) is 23.9 Å². The molecule has 0 aliphatic heterocycles. The molecule has 2 aromatic heterocycles. The van der Waals surface area contributed by atoms with Crippen LogP contribution in [0.2, 0.25) is 5.02 Å². The second kappa shape index (κ2) is 16.2. The number of hydrogen-bond acceptors (Lipinski definition) is 9. The van der Waals surface area contributed by atoms with Crippen molar-refractivity contribution >= 4 is 49.8 Å². The number of sulfone groups is 1. The molecule has 0 saturated heterocycles. The van der Waals surface area contributed by atoms with Crippen LogP contribution in [-0.4, -0.2) is 48.0 Å². The zero-order valence-electron chi connectivity index (χ0n) is 26.3. The molecular weight excluding hydrogens is 671 g/mol. The zero-order valence-corrected chi connectivity index (χ0v) is 27.8. The van der Waals surface area contributed by atoms with Crippen LogP contribution >= 0.6 is 11.6 Å². The lowest BCUT2D eigenvalue weighted by atomic mass is 10.1. The number of rotatable bonds is 12. The number of hydrogen-bond donors (Lipinski definition) is 3. The third kappa shape index (κ3) is 10.3. The molecule has 0 aliphatic carbocycles. The molecule has 0 bridgehead atoms. The van der Waals surface area contributed by atoms with E-state index in [1.165, 1.54) is 24.7 Å². The Morgan fingerprint density at radius 2 is 1.78 bits per heavy atom. The van der Waals surface area contributed by atoms with Gasteiger partial charge in [-0.1, -0.05) is 41.9 Å². The number of aromatic nitrogens is 2. The Labute approximate surface area is 287 Å². The molecule has 0 amide bonds. The fourth-order valence-corrected chi connectivity index (χ4v) is 5.36. The lowest BCUT2D eigenvalue weighted by Crippen LogP contribution is -2.21. The van der Waals surface area contributed by atoms with E-state index in [2.05, 4.69) is 20.6 Å². The van der Waals surface area contributed by atoms with Crippen LogP contribution in [0.15, 0.2) is 114 Å². The molecule has 6 aromatic rings. The summed E-state index contributed by atoms with van der Waals surface area (Å²) in [5.74, 6) is 1.29. The third-order valence-corrected chi connectivity index (χ3v) is 8.27. The van der Waals surface area contributed by atoms with E-state index in [4.69, 9.17) is 25.9 Å². The Morgan fingerprint density at radius 3 is 2.49 bits per heavy atom. The van der Waals surface area contributed by atoms with Crippen molar-refractivity contribution in [3.05, 3.63) is 137 Å². The maximum atomic E-state index is 13.4. The quantitative estimate of drug-likeness (QED) is 0.110. The van der Waals surface area contributed by atoms with Gasteiger partial charge in [0.2, 0.25) is 0 Å². The van der Waals surface area contributed by atoms with Crippen LogP contribution in [0, 0.1) is 5.82 Å². The number of aromatic carboxylic acids is 1. The second-order valence-electron chi connectivity index (χ2n) is 10.9. The summed E-state index contributed by atoms with van der Waals surface area (Å²) < 4.78 is 47.8. The SMILES string of the molecule is CS(=O)(=O)CCNCc1ccc(-c2ccc3ncnc(Nc4ccc(OCc5cccc(F)c5)c(Cl)c4)c3c2)o1.O=C(O)c1ccccc1. The van der Waals surface area contributed by atoms with Gasteiger partial charge in [-0.15, -0.1) is 0 Å². The molecule has 0 radical (unpaired) electrons. The van der Waals surface area contributed by atoms with Gasteiger partial charge in [-0.3, -0.25) is 0 Å². The Kier molecular flexibility index (Phi) is 11.6. The highest BCUT2D eigenvalue weighted by Crippen LogP contribution is 2.33. The minimum absolute atomic E-state index is 0.0664. The smallest absolute Gasteiger partial charge is 0.335 e. The van der Waals surface area contributed by atoms with Crippen molar-refractivity contribution in [1.29, 1.82) is 0 Å². The van der Waals surface area contributed by atoms with Crippen molar-refractivity contribution in [2.45, 2.75) is 13.2 Å². The molecule has 3 N–H and O–H groups in total. The molecule has 4 aromatic carbocycles. The summed E-state index contributed by atoms with van der Waals surface area (Å²) in [6.07, 6.45) is 2.69. The van der Waals surface area contributed by atoms with E-state index in [9.17, 15) is 17.6 Å². The molecule has 10 nitrogen and oxygen atoms in total. The predicted octanol–water partition coefficient (Wildman–Crippen LogP) is 7.52. The van der Waals surface area contributed by atoms with E-state index < -0.39 is 15.8 Å². The molecule has 49 heavy (non-hydrogen) atoms.